The molecular weight excluding hydrogens is 1040 g/mol. The summed E-state index contributed by atoms with van der Waals surface area (Å²) in [5.74, 6) is 0.375. The number of fused-ring (bicyclic) bond motifs is 2. The van der Waals surface area contributed by atoms with Crippen LogP contribution in [0.1, 0.15) is 56.3 Å². The fourth-order valence-corrected chi connectivity index (χ4v) is 9.85. The molecule has 77 heavy (non-hydrogen) atoms. The van der Waals surface area contributed by atoms with Gasteiger partial charge in [0.25, 0.3) is 11.1 Å². The van der Waals surface area contributed by atoms with Gasteiger partial charge in [-0.3, -0.25) is 24.0 Å². The van der Waals surface area contributed by atoms with E-state index in [4.69, 9.17) is 52.7 Å². The van der Waals surface area contributed by atoms with Crippen LogP contribution >= 0.6 is 23.2 Å². The molecule has 8 aromatic heterocycles. The van der Waals surface area contributed by atoms with Gasteiger partial charge in [-0.1, -0.05) is 47.5 Å². The lowest BCUT2D eigenvalue weighted by Crippen LogP contribution is -2.29. The van der Waals surface area contributed by atoms with Gasteiger partial charge in [0.05, 0.1) is 52.5 Å². The van der Waals surface area contributed by atoms with Crippen LogP contribution in [0, 0.1) is 38.1 Å². The monoisotopic (exact) mass is 1080 g/mol. The maximum atomic E-state index is 14.5. The Labute approximate surface area is 444 Å². The fraction of sp³-hybridized carbons (Fsp3) is 0.179. The summed E-state index contributed by atoms with van der Waals surface area (Å²) in [6, 6.07) is 27.3. The largest absolute Gasteiger partial charge is 0.486 e. The minimum Gasteiger partial charge on any atom is -0.486 e. The number of nitrogens with zero attached hydrogens (tertiary/aromatic N) is 9. The highest BCUT2D eigenvalue weighted by Crippen LogP contribution is 2.37. The second-order valence-corrected chi connectivity index (χ2v) is 19.1. The maximum Gasteiger partial charge on any atom is 0.421 e. The van der Waals surface area contributed by atoms with Gasteiger partial charge in [0.1, 0.15) is 52.9 Å². The first-order valence-electron chi connectivity index (χ1n) is 23.7. The van der Waals surface area contributed by atoms with Gasteiger partial charge in [0.15, 0.2) is 5.95 Å². The summed E-state index contributed by atoms with van der Waals surface area (Å²) in [4.78, 5) is 56.0. The molecule has 10 aromatic rings. The lowest BCUT2D eigenvalue weighted by Gasteiger charge is -2.17. The summed E-state index contributed by atoms with van der Waals surface area (Å²) < 4.78 is 73.5. The van der Waals surface area contributed by atoms with E-state index in [-0.39, 0.29) is 54.1 Å². The Bertz CT molecular complexity index is 4230. The number of hydrogen-bond acceptors (Lipinski definition) is 10. The third-order valence-corrected chi connectivity index (χ3v) is 13.6. The first-order valence-corrected chi connectivity index (χ1v) is 24.5. The van der Waals surface area contributed by atoms with Gasteiger partial charge in [-0.25, -0.2) is 9.97 Å². The molecule has 0 aliphatic carbocycles. The number of nitrogens with one attached hydrogen (secondary N) is 1. The van der Waals surface area contributed by atoms with Crippen molar-refractivity contribution in [2.75, 3.05) is 0 Å². The average molecular weight is 1080 g/mol. The van der Waals surface area contributed by atoms with Crippen LogP contribution in [0.2, 0.25) is 10.0 Å². The third kappa shape index (κ3) is 10.3. The number of ether oxygens (including phenoxy) is 2. The molecule has 0 aliphatic rings. The molecule has 0 saturated carbocycles. The van der Waals surface area contributed by atoms with Crippen LogP contribution < -0.4 is 26.2 Å². The van der Waals surface area contributed by atoms with Crippen molar-refractivity contribution < 1.29 is 27.0 Å². The quantitative estimate of drug-likeness (QED) is 0.103. The number of pyridine rings is 6. The highest BCUT2D eigenvalue weighted by molar-refractivity contribution is 6.31. The highest BCUT2D eigenvalue weighted by Gasteiger charge is 2.34. The van der Waals surface area contributed by atoms with Crippen molar-refractivity contribution in [1.29, 1.82) is 5.26 Å². The van der Waals surface area contributed by atoms with Crippen LogP contribution in [0.4, 0.5) is 17.6 Å². The molecule has 0 aliphatic heterocycles. The number of H-pyrrole nitrogens is 1. The van der Waals surface area contributed by atoms with Crippen LogP contribution in [0.25, 0.3) is 44.3 Å². The number of benzene rings is 2. The zero-order valence-electron chi connectivity index (χ0n) is 41.3. The molecule has 0 atom stereocenters. The number of aryl methyl sites for hydroxylation is 3. The Hall–Kier alpha value is -8.86. The van der Waals surface area contributed by atoms with Crippen LogP contribution in [-0.2, 0) is 46.1 Å². The number of aromatic amines is 1. The van der Waals surface area contributed by atoms with Gasteiger partial charge < -0.3 is 28.2 Å². The molecule has 2 aromatic carbocycles. The van der Waals surface area contributed by atoms with Crippen molar-refractivity contribution in [1.82, 2.24) is 43.4 Å². The Kier molecular flexibility index (Phi) is 13.9. The van der Waals surface area contributed by atoms with E-state index in [0.717, 1.165) is 38.8 Å². The van der Waals surface area contributed by atoms with Crippen molar-refractivity contribution >= 4 is 45.0 Å². The van der Waals surface area contributed by atoms with Gasteiger partial charge in [-0.15, -0.1) is 0 Å². The van der Waals surface area contributed by atoms with Gasteiger partial charge in [0.2, 0.25) is 5.56 Å². The van der Waals surface area contributed by atoms with Gasteiger partial charge >= 0.3 is 6.18 Å². The number of nitriles is 1. The van der Waals surface area contributed by atoms with E-state index in [1.165, 1.54) is 27.5 Å². The highest BCUT2D eigenvalue weighted by atomic mass is 35.5. The van der Waals surface area contributed by atoms with Gasteiger partial charge in [-0.05, 0) is 93.1 Å². The molecule has 0 unspecified atom stereocenters. The molecule has 1 N–H and O–H groups in total. The van der Waals surface area contributed by atoms with Crippen molar-refractivity contribution in [2.24, 2.45) is 7.05 Å². The zero-order chi connectivity index (χ0) is 54.4. The van der Waals surface area contributed by atoms with Crippen LogP contribution in [0.5, 0.6) is 11.5 Å². The summed E-state index contributed by atoms with van der Waals surface area (Å²) >= 11 is 13.7. The molecule has 0 radical (unpaired) electrons. The molecule has 8 heterocycles. The fourth-order valence-electron chi connectivity index (χ4n) is 9.29. The molecule has 388 valence electrons. The lowest BCUT2D eigenvalue weighted by atomic mass is 10.0. The molecule has 0 amide bonds. The Morgan fingerprint density at radius 2 is 1.34 bits per heavy atom. The maximum absolute atomic E-state index is 14.5. The standard InChI is InChI=1S/C56H42Cl2F4N10O5/c1-30-24-72(68-51(30)38-20-32(3)65-53-36(38)11-6-14-48(53)77-29-40-43(58)22-50(73)67-45(40)27-71-18-8-12-41(55(71)75)56(60,61)62)25-34-21-42(57)39(44(66-34)26-70-17-7-9-33(23-63)54(70)74)28-76-47-13-5-10-35-37(19-31(2)64-52(35)47)46-15-16-49(59)69(46)4/h5-22,24H,25-29H2,1-4H3,(H,67,73). The van der Waals surface area contributed by atoms with Crippen LogP contribution in [0.3, 0.4) is 0 Å². The van der Waals surface area contributed by atoms with E-state index in [1.54, 1.807) is 54.3 Å². The summed E-state index contributed by atoms with van der Waals surface area (Å²) in [6.07, 6.45) is -0.290. The van der Waals surface area contributed by atoms with E-state index in [2.05, 4.69) is 4.98 Å². The minimum absolute atomic E-state index is 0.0188. The molecule has 21 heteroatoms. The van der Waals surface area contributed by atoms with Crippen LogP contribution in [-0.4, -0.2) is 43.4 Å². The van der Waals surface area contributed by atoms with Crippen molar-refractivity contribution in [3.8, 4) is 40.1 Å². The summed E-state index contributed by atoms with van der Waals surface area (Å²) in [6.45, 7) is 4.88. The number of aromatic nitrogens is 9. The Morgan fingerprint density at radius 1 is 0.714 bits per heavy atom. The van der Waals surface area contributed by atoms with E-state index in [0.29, 0.717) is 78.7 Å². The summed E-state index contributed by atoms with van der Waals surface area (Å²) in [7, 11) is 1.65. The molecule has 0 fully saturated rings. The van der Waals surface area contributed by atoms with Crippen molar-refractivity contribution in [2.45, 2.75) is 59.8 Å². The zero-order valence-corrected chi connectivity index (χ0v) is 42.9. The van der Waals surface area contributed by atoms with E-state index >= 15 is 0 Å². The normalized spacial score (nSPS) is 11.6. The average Bonchev–Trinajstić information content (AvgIpc) is 3.92. The summed E-state index contributed by atoms with van der Waals surface area (Å²) in [5.41, 5.74) is 3.76. The van der Waals surface area contributed by atoms with Gasteiger partial charge in [-0.2, -0.15) is 27.9 Å². The Balaban J connectivity index is 0.954. The number of para-hydroxylation sites is 2. The number of halogens is 6. The van der Waals surface area contributed by atoms with E-state index < -0.39 is 35.0 Å². The second-order valence-electron chi connectivity index (χ2n) is 18.2. The van der Waals surface area contributed by atoms with Crippen molar-refractivity contribution in [3.05, 3.63) is 219 Å². The minimum atomic E-state index is -4.89. The number of alkyl halides is 3. The Morgan fingerprint density at radius 3 is 1.99 bits per heavy atom. The molecular formula is C56H42Cl2F4N10O5. The lowest BCUT2D eigenvalue weighted by molar-refractivity contribution is -0.138. The molecule has 0 saturated heterocycles. The predicted molar refractivity (Wildman–Crippen MR) is 282 cm³/mol. The SMILES string of the molecule is Cc1cc(-c2nn(Cc3cc(Cl)c(COc4cccc5c(-c6ccc(F)n6C)cc(C)nc45)c(Cn4cccc(C#N)c4=O)n3)cc2C)c2cccc(OCc3c(Cl)cc(=O)[nH]c3Cn3cccc(C(F)(F)F)c3=O)c2n1. The van der Waals surface area contributed by atoms with Crippen molar-refractivity contribution in [3.63, 3.8) is 0 Å². The second kappa shape index (κ2) is 20.7. The number of rotatable bonds is 14. The first-order chi connectivity index (χ1) is 36.8. The first kappa shape index (κ1) is 51.6. The summed E-state index contributed by atoms with van der Waals surface area (Å²) in [5, 5.41) is 16.4. The van der Waals surface area contributed by atoms with Gasteiger partial charge in [0, 0.05) is 81.8 Å². The smallest absolute Gasteiger partial charge is 0.421 e. The number of hydrogen-bond donors (Lipinski definition) is 1. The van der Waals surface area contributed by atoms with E-state index in [9.17, 15) is 37.2 Å². The van der Waals surface area contributed by atoms with Crippen LogP contribution in [0.15, 0.2) is 130 Å². The third-order valence-electron chi connectivity index (χ3n) is 13.0. The molecule has 0 bridgehead atoms. The molecule has 0 spiro atoms. The van der Waals surface area contributed by atoms with E-state index in [1.807, 2.05) is 63.4 Å². The topological polar surface area (TPSA) is 181 Å². The molecule has 15 nitrogen and oxygen atoms in total. The predicted octanol–water partition coefficient (Wildman–Crippen LogP) is 10.6. The molecule has 10 rings (SSSR count).